The molecule has 0 heterocycles. The first-order chi connectivity index (χ1) is 15.5. The molecular formula is C26H33FN2O3. The summed E-state index contributed by atoms with van der Waals surface area (Å²) < 4.78 is 20.9. The van der Waals surface area contributed by atoms with Crippen molar-refractivity contribution in [1.29, 1.82) is 0 Å². The number of fused-ring (bicyclic) bond motifs is 1. The summed E-state index contributed by atoms with van der Waals surface area (Å²) in [5, 5.41) is 5.59. The van der Waals surface area contributed by atoms with Gasteiger partial charge in [0.05, 0.1) is 18.4 Å². The van der Waals surface area contributed by atoms with Crippen LogP contribution >= 0.6 is 0 Å². The molecule has 3 rings (SSSR count). The molecule has 1 aliphatic rings. The first-order valence-corrected chi connectivity index (χ1v) is 11.5. The van der Waals surface area contributed by atoms with Gasteiger partial charge in [-0.1, -0.05) is 38.8 Å². The van der Waals surface area contributed by atoms with Crippen molar-refractivity contribution in [3.63, 3.8) is 0 Å². The number of rotatable bonds is 11. The van der Waals surface area contributed by atoms with E-state index >= 15 is 4.39 Å². The van der Waals surface area contributed by atoms with Crippen LogP contribution in [0.2, 0.25) is 0 Å². The molecule has 1 unspecified atom stereocenters. The Morgan fingerprint density at radius 2 is 1.94 bits per heavy atom. The first-order valence-electron chi connectivity index (χ1n) is 11.5. The number of halogens is 1. The van der Waals surface area contributed by atoms with Crippen molar-refractivity contribution in [3.8, 4) is 5.75 Å². The van der Waals surface area contributed by atoms with E-state index in [0.717, 1.165) is 60.8 Å². The topological polar surface area (TPSA) is 67.4 Å². The van der Waals surface area contributed by atoms with Gasteiger partial charge in [0, 0.05) is 6.04 Å². The van der Waals surface area contributed by atoms with Crippen LogP contribution in [0.3, 0.4) is 0 Å². The van der Waals surface area contributed by atoms with E-state index in [1.165, 1.54) is 7.11 Å². The second kappa shape index (κ2) is 11.1. The van der Waals surface area contributed by atoms with Gasteiger partial charge in [0.2, 0.25) is 6.41 Å². The Balaban J connectivity index is 1.81. The number of nitrogens with one attached hydrogen (secondary N) is 2. The summed E-state index contributed by atoms with van der Waals surface area (Å²) in [5.74, 6) is -0.0666. The Kier molecular flexibility index (Phi) is 8.26. The number of methoxy groups -OCH3 is 1. The molecule has 0 spiro atoms. The second-order valence-electron chi connectivity index (χ2n) is 8.40. The van der Waals surface area contributed by atoms with Crippen LogP contribution in [0.25, 0.3) is 0 Å². The number of anilines is 1. The van der Waals surface area contributed by atoms with E-state index in [2.05, 4.69) is 30.5 Å². The van der Waals surface area contributed by atoms with Gasteiger partial charge in [0.1, 0.15) is 5.82 Å². The molecule has 2 aromatic rings. The van der Waals surface area contributed by atoms with E-state index in [4.69, 9.17) is 4.74 Å². The van der Waals surface area contributed by atoms with Crippen LogP contribution in [0, 0.1) is 5.82 Å². The maximum atomic E-state index is 15.5. The van der Waals surface area contributed by atoms with Crippen molar-refractivity contribution in [3.05, 3.63) is 57.9 Å². The van der Waals surface area contributed by atoms with Crippen LogP contribution in [-0.4, -0.2) is 25.5 Å². The highest BCUT2D eigenvalue weighted by Crippen LogP contribution is 2.33. The van der Waals surface area contributed by atoms with Gasteiger partial charge < -0.3 is 15.4 Å². The molecule has 0 aliphatic heterocycles. The zero-order valence-electron chi connectivity index (χ0n) is 19.2. The number of para-hydroxylation sites is 1. The lowest BCUT2D eigenvalue weighted by atomic mass is 9.92. The average Bonchev–Trinajstić information content (AvgIpc) is 3.19. The quantitative estimate of drug-likeness (QED) is 0.484. The van der Waals surface area contributed by atoms with Gasteiger partial charge in [0.25, 0.3) is 5.91 Å². The highest BCUT2D eigenvalue weighted by Gasteiger charge is 2.29. The number of benzene rings is 2. The third-order valence-electron chi connectivity index (χ3n) is 6.16. The number of aryl methyl sites for hydroxylation is 1. The van der Waals surface area contributed by atoms with Crippen LogP contribution < -0.4 is 15.4 Å². The molecule has 1 aliphatic carbocycles. The van der Waals surface area contributed by atoms with Crippen molar-refractivity contribution in [2.75, 3.05) is 12.4 Å². The summed E-state index contributed by atoms with van der Waals surface area (Å²) in [6, 6.07) is 6.99. The summed E-state index contributed by atoms with van der Waals surface area (Å²) in [7, 11) is 1.46. The molecule has 0 bridgehead atoms. The molecule has 172 valence electrons. The number of carbonyl (C=O) groups excluding carboxylic acids is 2. The Bertz CT molecular complexity index is 974. The van der Waals surface area contributed by atoms with Gasteiger partial charge >= 0.3 is 0 Å². The highest BCUT2D eigenvalue weighted by atomic mass is 19.1. The predicted molar refractivity (Wildman–Crippen MR) is 125 cm³/mol. The minimum Gasteiger partial charge on any atom is -0.494 e. The van der Waals surface area contributed by atoms with Crippen molar-refractivity contribution < 1.29 is 18.7 Å². The summed E-state index contributed by atoms with van der Waals surface area (Å²) in [6.07, 6.45) is 7.41. The third-order valence-corrected chi connectivity index (χ3v) is 6.16. The van der Waals surface area contributed by atoms with Gasteiger partial charge in [-0.25, -0.2) is 4.39 Å². The van der Waals surface area contributed by atoms with Crippen LogP contribution in [0.15, 0.2) is 24.3 Å². The van der Waals surface area contributed by atoms with E-state index in [9.17, 15) is 9.59 Å². The monoisotopic (exact) mass is 440 g/mol. The summed E-state index contributed by atoms with van der Waals surface area (Å²) >= 11 is 0. The van der Waals surface area contributed by atoms with E-state index in [-0.39, 0.29) is 17.8 Å². The molecule has 0 saturated carbocycles. The summed E-state index contributed by atoms with van der Waals surface area (Å²) in [4.78, 5) is 23.8. The zero-order chi connectivity index (χ0) is 23.1. The van der Waals surface area contributed by atoms with Gasteiger partial charge in [-0.2, -0.15) is 0 Å². The van der Waals surface area contributed by atoms with E-state index < -0.39 is 0 Å². The van der Waals surface area contributed by atoms with Crippen LogP contribution in [0.5, 0.6) is 5.75 Å². The fourth-order valence-electron chi connectivity index (χ4n) is 4.53. The maximum absolute atomic E-state index is 15.5. The molecule has 6 heteroatoms. The van der Waals surface area contributed by atoms with E-state index in [1.807, 2.05) is 0 Å². The van der Waals surface area contributed by atoms with Gasteiger partial charge in [0.15, 0.2) is 5.75 Å². The molecule has 0 saturated heterocycles. The minimum atomic E-state index is -0.299. The van der Waals surface area contributed by atoms with Crippen LogP contribution in [0.4, 0.5) is 10.1 Å². The Morgan fingerprint density at radius 3 is 2.62 bits per heavy atom. The number of amides is 2. The maximum Gasteiger partial charge on any atom is 0.255 e. The largest absolute Gasteiger partial charge is 0.494 e. The number of carbonyl (C=O) groups is 2. The fraction of sp³-hybridized carbons (Fsp3) is 0.462. The van der Waals surface area contributed by atoms with Crippen molar-refractivity contribution in [2.24, 2.45) is 0 Å². The highest BCUT2D eigenvalue weighted by molar-refractivity contribution is 5.99. The molecule has 0 fully saturated rings. The molecule has 0 radical (unpaired) electrons. The summed E-state index contributed by atoms with van der Waals surface area (Å²) in [5.41, 5.74) is 4.49. The number of hydrogen-bond acceptors (Lipinski definition) is 3. The van der Waals surface area contributed by atoms with Crippen molar-refractivity contribution >= 4 is 18.0 Å². The number of hydrogen-bond donors (Lipinski definition) is 2. The lowest BCUT2D eigenvalue weighted by molar-refractivity contribution is -0.105. The van der Waals surface area contributed by atoms with Gasteiger partial charge in [-0.05, 0) is 72.9 Å². The standard InChI is InChI=1S/C26H33FN2O3/c1-4-6-9-17-13-18-14-19(15-22(18)24(27)20(17)10-7-5-2)29-26(31)21-11-8-12-23(28-16-30)25(21)32-3/h8,11-13,16,19H,4-7,9-10,14-15H2,1-3H3,(H,28,30)(H,29,31). The molecule has 2 N–H and O–H groups in total. The SMILES string of the molecule is CCCCc1cc2c(c(F)c1CCCC)CC(NC(=O)c1cccc(NC=O)c1OC)C2. The van der Waals surface area contributed by atoms with Crippen LogP contribution in [0.1, 0.15) is 72.1 Å². The molecule has 0 aromatic heterocycles. The van der Waals surface area contributed by atoms with Crippen molar-refractivity contribution in [2.45, 2.75) is 71.3 Å². The second-order valence-corrected chi connectivity index (χ2v) is 8.40. The average molecular weight is 441 g/mol. The Labute approximate surface area is 189 Å². The lowest BCUT2D eigenvalue weighted by Crippen LogP contribution is -2.35. The molecule has 32 heavy (non-hydrogen) atoms. The Morgan fingerprint density at radius 1 is 1.19 bits per heavy atom. The van der Waals surface area contributed by atoms with E-state index in [1.54, 1.807) is 18.2 Å². The summed E-state index contributed by atoms with van der Waals surface area (Å²) in [6.45, 7) is 4.27. The molecule has 5 nitrogen and oxygen atoms in total. The molecule has 1 atom stereocenters. The normalized spacial score (nSPS) is 14.7. The first kappa shape index (κ1) is 23.8. The number of ether oxygens (including phenoxy) is 1. The zero-order valence-corrected chi connectivity index (χ0v) is 19.2. The Hall–Kier alpha value is -2.89. The minimum absolute atomic E-state index is 0.0754. The fourth-order valence-corrected chi connectivity index (χ4v) is 4.53. The molecule has 2 aromatic carbocycles. The number of unbranched alkanes of at least 4 members (excludes halogenated alkanes) is 2. The van der Waals surface area contributed by atoms with Gasteiger partial charge in [-0.15, -0.1) is 0 Å². The van der Waals surface area contributed by atoms with Gasteiger partial charge in [-0.3, -0.25) is 9.59 Å². The lowest BCUT2D eigenvalue weighted by Gasteiger charge is -2.16. The van der Waals surface area contributed by atoms with E-state index in [0.29, 0.717) is 36.3 Å². The van der Waals surface area contributed by atoms with Crippen LogP contribution in [-0.2, 0) is 30.5 Å². The predicted octanol–water partition coefficient (Wildman–Crippen LogP) is 4.99. The smallest absolute Gasteiger partial charge is 0.255 e. The molecular weight excluding hydrogens is 407 g/mol. The third kappa shape index (κ3) is 5.12. The molecule has 2 amide bonds. The van der Waals surface area contributed by atoms with Crippen molar-refractivity contribution in [1.82, 2.24) is 5.32 Å².